The molecule has 2 aromatic carbocycles. The van der Waals surface area contributed by atoms with Crippen LogP contribution in [0.4, 0.5) is 5.69 Å². The molecule has 1 atom stereocenters. The maximum Gasteiger partial charge on any atom is 0.342 e. The number of benzene rings is 2. The van der Waals surface area contributed by atoms with Gasteiger partial charge in [0.25, 0.3) is 5.56 Å². The van der Waals surface area contributed by atoms with E-state index in [1.807, 2.05) is 0 Å². The van der Waals surface area contributed by atoms with Crippen molar-refractivity contribution < 1.29 is 14.3 Å². The lowest BCUT2D eigenvalue weighted by Crippen LogP contribution is -2.18. The summed E-state index contributed by atoms with van der Waals surface area (Å²) < 4.78 is 10.6. The number of rotatable bonds is 4. The summed E-state index contributed by atoms with van der Waals surface area (Å²) in [5, 5.41) is 0.671. The standard InChI is InChI=1S/C18H16ClN3O4/c1-9(16-21-14-6-4-3-5-10(14)17(23)22-16)26-18(24)11-7-12(19)13(20)8-15(11)25-2/h3-9H,20H2,1-2H3,(H,21,22,23)/t9-/m0/s1. The number of carbonyl (C=O) groups is 1. The van der Waals surface area contributed by atoms with Gasteiger partial charge >= 0.3 is 5.97 Å². The van der Waals surface area contributed by atoms with E-state index in [1.54, 1.807) is 31.2 Å². The molecule has 0 radical (unpaired) electrons. The van der Waals surface area contributed by atoms with E-state index in [9.17, 15) is 9.59 Å². The number of nitrogens with zero attached hydrogens (tertiary/aromatic N) is 1. The highest BCUT2D eigenvalue weighted by Gasteiger charge is 2.21. The van der Waals surface area contributed by atoms with Gasteiger partial charge in [0.05, 0.1) is 28.7 Å². The number of ether oxygens (including phenoxy) is 2. The van der Waals surface area contributed by atoms with Crippen molar-refractivity contribution in [2.75, 3.05) is 12.8 Å². The molecule has 134 valence electrons. The number of hydrogen-bond acceptors (Lipinski definition) is 6. The molecular formula is C18H16ClN3O4. The van der Waals surface area contributed by atoms with E-state index in [2.05, 4.69) is 9.97 Å². The predicted octanol–water partition coefficient (Wildman–Crippen LogP) is 3.09. The van der Waals surface area contributed by atoms with Crippen molar-refractivity contribution in [2.45, 2.75) is 13.0 Å². The molecule has 1 heterocycles. The summed E-state index contributed by atoms with van der Waals surface area (Å²) in [5.74, 6) is -0.196. The Hall–Kier alpha value is -3.06. The molecule has 0 aliphatic rings. The highest BCUT2D eigenvalue weighted by Crippen LogP contribution is 2.30. The number of aromatic nitrogens is 2. The molecule has 0 fully saturated rings. The van der Waals surface area contributed by atoms with Crippen molar-refractivity contribution in [3.63, 3.8) is 0 Å². The molecule has 0 saturated heterocycles. The summed E-state index contributed by atoms with van der Waals surface area (Å²) in [5.41, 5.74) is 6.34. The summed E-state index contributed by atoms with van der Waals surface area (Å²) in [7, 11) is 1.41. The Morgan fingerprint density at radius 3 is 2.77 bits per heavy atom. The first-order valence-corrected chi connectivity index (χ1v) is 8.11. The van der Waals surface area contributed by atoms with Crippen LogP contribution in [0.5, 0.6) is 5.75 Å². The monoisotopic (exact) mass is 373 g/mol. The zero-order valence-corrected chi connectivity index (χ0v) is 14.8. The number of nitrogens with one attached hydrogen (secondary N) is 1. The number of aromatic amines is 1. The molecule has 26 heavy (non-hydrogen) atoms. The van der Waals surface area contributed by atoms with Gasteiger partial charge in [-0.1, -0.05) is 23.7 Å². The second-order valence-electron chi connectivity index (χ2n) is 5.59. The highest BCUT2D eigenvalue weighted by molar-refractivity contribution is 6.33. The van der Waals surface area contributed by atoms with Gasteiger partial charge in [0.2, 0.25) is 0 Å². The number of H-pyrrole nitrogens is 1. The van der Waals surface area contributed by atoms with Gasteiger partial charge in [-0.3, -0.25) is 4.79 Å². The highest BCUT2D eigenvalue weighted by atomic mass is 35.5. The molecule has 0 amide bonds. The normalized spacial score (nSPS) is 12.0. The van der Waals surface area contributed by atoms with E-state index < -0.39 is 12.1 Å². The lowest BCUT2D eigenvalue weighted by atomic mass is 10.2. The molecule has 3 N–H and O–H groups in total. The van der Waals surface area contributed by atoms with E-state index in [0.717, 1.165) is 0 Å². The molecule has 3 rings (SSSR count). The number of anilines is 1. The Kier molecular flexibility index (Phi) is 4.81. The molecular weight excluding hydrogens is 358 g/mol. The molecule has 1 aromatic heterocycles. The number of fused-ring (bicyclic) bond motifs is 1. The van der Waals surface area contributed by atoms with Crippen LogP contribution in [0.3, 0.4) is 0 Å². The van der Waals surface area contributed by atoms with Crippen molar-refractivity contribution in [2.24, 2.45) is 0 Å². The van der Waals surface area contributed by atoms with Crippen LogP contribution in [0.15, 0.2) is 41.2 Å². The second kappa shape index (κ2) is 7.05. The zero-order valence-electron chi connectivity index (χ0n) is 14.1. The first-order valence-electron chi connectivity index (χ1n) is 7.73. The van der Waals surface area contributed by atoms with Crippen LogP contribution < -0.4 is 16.0 Å². The first-order chi connectivity index (χ1) is 12.4. The Balaban J connectivity index is 1.91. The fourth-order valence-electron chi connectivity index (χ4n) is 2.47. The molecule has 0 spiro atoms. The summed E-state index contributed by atoms with van der Waals surface area (Å²) in [6.07, 6.45) is -0.791. The Morgan fingerprint density at radius 1 is 1.31 bits per heavy atom. The number of carbonyl (C=O) groups excluding carboxylic acids is 1. The van der Waals surface area contributed by atoms with Gasteiger partial charge in [0.1, 0.15) is 11.3 Å². The quantitative estimate of drug-likeness (QED) is 0.537. The molecule has 0 unspecified atom stereocenters. The number of hydrogen-bond donors (Lipinski definition) is 2. The molecule has 8 heteroatoms. The van der Waals surface area contributed by atoms with Gasteiger partial charge in [-0.2, -0.15) is 0 Å². The fourth-order valence-corrected chi connectivity index (χ4v) is 2.64. The van der Waals surface area contributed by atoms with Crippen LogP contribution in [0.2, 0.25) is 5.02 Å². The molecule has 0 aliphatic heterocycles. The summed E-state index contributed by atoms with van der Waals surface area (Å²) in [6.45, 7) is 1.61. The zero-order chi connectivity index (χ0) is 18.8. The Bertz CT molecular complexity index is 1050. The van der Waals surface area contributed by atoms with Crippen molar-refractivity contribution in [1.29, 1.82) is 0 Å². The van der Waals surface area contributed by atoms with Gasteiger partial charge in [-0.05, 0) is 25.1 Å². The SMILES string of the molecule is COc1cc(N)c(Cl)cc1C(=O)O[C@@H](C)c1nc2ccccc2c(=O)[nH]1. The number of esters is 1. The van der Waals surface area contributed by atoms with Crippen LogP contribution in [-0.4, -0.2) is 23.0 Å². The fraction of sp³-hybridized carbons (Fsp3) is 0.167. The third-order valence-electron chi connectivity index (χ3n) is 3.84. The maximum absolute atomic E-state index is 12.5. The minimum Gasteiger partial charge on any atom is -0.496 e. The molecule has 7 nitrogen and oxygen atoms in total. The van der Waals surface area contributed by atoms with Gasteiger partial charge in [-0.25, -0.2) is 9.78 Å². The first kappa shape index (κ1) is 17.8. The largest absolute Gasteiger partial charge is 0.496 e. The van der Waals surface area contributed by atoms with Crippen LogP contribution >= 0.6 is 11.6 Å². The lowest BCUT2D eigenvalue weighted by Gasteiger charge is -2.15. The minimum absolute atomic E-state index is 0.127. The smallest absolute Gasteiger partial charge is 0.342 e. The van der Waals surface area contributed by atoms with Crippen LogP contribution in [0.25, 0.3) is 10.9 Å². The van der Waals surface area contributed by atoms with E-state index in [-0.39, 0.29) is 33.4 Å². The predicted molar refractivity (Wildman–Crippen MR) is 98.6 cm³/mol. The number of para-hydroxylation sites is 1. The van der Waals surface area contributed by atoms with Crippen LogP contribution in [-0.2, 0) is 4.74 Å². The summed E-state index contributed by atoms with van der Waals surface area (Å²) in [4.78, 5) is 31.6. The van der Waals surface area contributed by atoms with E-state index in [4.69, 9.17) is 26.8 Å². The minimum atomic E-state index is -0.791. The van der Waals surface area contributed by atoms with E-state index in [0.29, 0.717) is 10.9 Å². The molecule has 0 saturated carbocycles. The number of methoxy groups -OCH3 is 1. The molecule has 0 aliphatic carbocycles. The van der Waals surface area contributed by atoms with Crippen molar-refractivity contribution >= 4 is 34.2 Å². The van der Waals surface area contributed by atoms with Gasteiger partial charge < -0.3 is 20.2 Å². The van der Waals surface area contributed by atoms with Gasteiger partial charge in [0, 0.05) is 6.07 Å². The third kappa shape index (κ3) is 3.34. The third-order valence-corrected chi connectivity index (χ3v) is 4.17. The number of halogens is 1. The van der Waals surface area contributed by atoms with Gasteiger partial charge in [-0.15, -0.1) is 0 Å². The number of nitrogen functional groups attached to an aromatic ring is 1. The van der Waals surface area contributed by atoms with Crippen molar-refractivity contribution in [1.82, 2.24) is 9.97 Å². The molecule has 0 bridgehead atoms. The van der Waals surface area contributed by atoms with Crippen molar-refractivity contribution in [3.8, 4) is 5.75 Å². The van der Waals surface area contributed by atoms with Crippen LogP contribution in [0, 0.1) is 0 Å². The second-order valence-corrected chi connectivity index (χ2v) is 6.00. The molecule has 3 aromatic rings. The van der Waals surface area contributed by atoms with Gasteiger partial charge in [0.15, 0.2) is 11.9 Å². The summed E-state index contributed by atoms with van der Waals surface area (Å²) in [6, 6.07) is 9.73. The van der Waals surface area contributed by atoms with E-state index >= 15 is 0 Å². The van der Waals surface area contributed by atoms with E-state index in [1.165, 1.54) is 19.2 Å². The number of nitrogens with two attached hydrogens (primary N) is 1. The topological polar surface area (TPSA) is 107 Å². The average molecular weight is 374 g/mol. The maximum atomic E-state index is 12.5. The lowest BCUT2D eigenvalue weighted by molar-refractivity contribution is 0.0316. The van der Waals surface area contributed by atoms with Crippen LogP contribution in [0.1, 0.15) is 29.2 Å². The van der Waals surface area contributed by atoms with Crippen molar-refractivity contribution in [3.05, 3.63) is 63.2 Å². The average Bonchev–Trinajstić information content (AvgIpc) is 2.63. The Labute approximate surface area is 153 Å². The Morgan fingerprint density at radius 2 is 2.04 bits per heavy atom. The summed E-state index contributed by atoms with van der Waals surface area (Å²) >= 11 is 5.98.